The van der Waals surface area contributed by atoms with Crippen LogP contribution in [0.25, 0.3) is 0 Å². The number of carbonyl (C=O) groups excluding carboxylic acids is 8. The lowest BCUT2D eigenvalue weighted by Gasteiger charge is -2.37. The first-order valence-corrected chi connectivity index (χ1v) is 46.7. The van der Waals surface area contributed by atoms with Crippen LogP contribution in [0.3, 0.4) is 0 Å². The van der Waals surface area contributed by atoms with E-state index >= 15 is 9.59 Å². The summed E-state index contributed by atoms with van der Waals surface area (Å²) in [6.07, 6.45) is 0. The molecule has 2 heterocycles. The molecule has 0 spiro atoms. The fourth-order valence-corrected chi connectivity index (χ4v) is 15.1. The molecule has 0 aromatic heterocycles. The predicted octanol–water partition coefficient (Wildman–Crippen LogP) is -11.6. The third-order valence-corrected chi connectivity index (χ3v) is 22.8. The van der Waals surface area contributed by atoms with E-state index in [0.717, 1.165) is 0 Å². The Hall–Kier alpha value is -11.2. The van der Waals surface area contributed by atoms with Gasteiger partial charge in [0.05, 0.1) is 131 Å². The van der Waals surface area contributed by atoms with E-state index in [-0.39, 0.29) is 183 Å². The molecular formula is C85H152N24O32. The molecule has 2 aliphatic heterocycles. The molecule has 804 valence electrons. The molecule has 2 fully saturated rings. The fraction of sp³-hybridized carbons (Fsp3) is 0.765. The average Bonchev–Trinajstić information content (AvgIpc) is 0.836. The van der Waals surface area contributed by atoms with Crippen molar-refractivity contribution in [2.75, 3.05) is 340 Å². The summed E-state index contributed by atoms with van der Waals surface area (Å²) in [4.78, 5) is 284. The van der Waals surface area contributed by atoms with Gasteiger partial charge in [0.15, 0.2) is 0 Å². The standard InChI is InChI=1S/C85H152N24O32/c1-61(2)106(69(114)37-86-9-14-95(48-76(124)125)19-20-97(50-78(128)129)16-12-89-40-75(122)123)41-65(110)90-57-85(58-91-66(111)42-107(62(3)4)70(115)45-94(13-10-87-38-73(118)119)17-18-96(49-77(126)127)15-11-88-39-74(120)121,59-92-67(112)43-108(63(5)6)71(116)46-98-21-25-100(51-79(130)131)29-33-104(55-83(138)139)34-30-101(26-22-98)52-80(132)133)60-93-68(113)44-109(64(7)8)72(117)47-99-23-27-102(53-81(134)135)31-35-105(56-84(140)141)36-32-103(28-24-99)54-82(136)137/h61-64,86-89H,9-60H2,1-8H3,(H,90,110)(H,91,111)(H,92,112)(H,93,113)(H,118,119)(H,120,121)(H,122,123)(H,124,125)(H,126,127)(H,128,129)(H,130,131)(H,132,133)(H,134,135)(H,136,137)(H,138,139)(H,140,141). The van der Waals surface area contributed by atoms with Gasteiger partial charge in [-0.05, 0) is 55.4 Å². The van der Waals surface area contributed by atoms with Gasteiger partial charge in [-0.1, -0.05) is 0 Å². The van der Waals surface area contributed by atoms with Gasteiger partial charge in [0.2, 0.25) is 47.3 Å². The SMILES string of the molecule is CC(C)N(CC(=O)NCC(CNC(=O)CN(C(=O)CN(CCNCC(=O)O)CCN(CCNCC(=O)O)CC(=O)O)C(C)C)(CNC(=O)CN(C(=O)CN1CCN(CC(=O)O)CCN(CC(=O)O)CCN(CC(=O)O)CC1)C(C)C)CNC(=O)CN(C(=O)CN1CCN(CC(=O)O)CCN(CC(=O)O)CCN(CC(=O)O)CC1)C(C)C)C(=O)CNCCN(CCN(CCNCC(=O)O)CC(=O)O)CC(=O)O. The highest BCUT2D eigenvalue weighted by atomic mass is 16.4. The van der Waals surface area contributed by atoms with Crippen molar-refractivity contribution in [2.45, 2.75) is 79.6 Å². The first-order valence-electron chi connectivity index (χ1n) is 46.7. The highest BCUT2D eigenvalue weighted by molar-refractivity contribution is 5.89. The molecule has 141 heavy (non-hydrogen) atoms. The summed E-state index contributed by atoms with van der Waals surface area (Å²) in [5, 5.41) is 138. The molecule has 0 atom stereocenters. The van der Waals surface area contributed by atoms with Gasteiger partial charge >= 0.3 is 71.6 Å². The molecule has 8 amide bonds. The van der Waals surface area contributed by atoms with E-state index in [9.17, 15) is 142 Å². The highest BCUT2D eigenvalue weighted by Crippen LogP contribution is 2.17. The van der Waals surface area contributed by atoms with Gasteiger partial charge in [0, 0.05) is 239 Å². The summed E-state index contributed by atoms with van der Waals surface area (Å²) < 4.78 is 0. The Labute approximate surface area is 819 Å². The zero-order valence-corrected chi connectivity index (χ0v) is 82.3. The van der Waals surface area contributed by atoms with Crippen molar-refractivity contribution in [1.29, 1.82) is 0 Å². The molecule has 2 rings (SSSR count). The van der Waals surface area contributed by atoms with Crippen molar-refractivity contribution >= 4 is 119 Å². The zero-order valence-electron chi connectivity index (χ0n) is 82.3. The predicted molar refractivity (Wildman–Crippen MR) is 502 cm³/mol. The maximum absolute atomic E-state index is 15.0. The van der Waals surface area contributed by atoms with Crippen molar-refractivity contribution in [1.82, 2.24) is 121 Å². The van der Waals surface area contributed by atoms with Gasteiger partial charge in [0.25, 0.3) is 0 Å². The van der Waals surface area contributed by atoms with E-state index in [1.165, 1.54) is 34.3 Å². The molecule has 56 nitrogen and oxygen atoms in total. The maximum atomic E-state index is 15.0. The molecule has 56 heteroatoms. The van der Waals surface area contributed by atoms with Crippen molar-refractivity contribution in [3.05, 3.63) is 0 Å². The molecule has 0 radical (unpaired) electrons. The monoisotopic (exact) mass is 2020 g/mol. The Balaban J connectivity index is 3.01. The van der Waals surface area contributed by atoms with E-state index < -0.39 is 306 Å². The summed E-state index contributed by atoms with van der Waals surface area (Å²) >= 11 is 0. The number of aliphatic carboxylic acids is 12. The van der Waals surface area contributed by atoms with Crippen molar-refractivity contribution in [2.24, 2.45) is 5.41 Å². The molecule has 0 aliphatic carbocycles. The van der Waals surface area contributed by atoms with E-state index in [0.29, 0.717) is 0 Å². The van der Waals surface area contributed by atoms with Crippen LogP contribution in [0, 0.1) is 5.41 Å². The quantitative estimate of drug-likeness (QED) is 0.0251. The fourth-order valence-electron chi connectivity index (χ4n) is 15.1. The minimum atomic E-state index is -1.88. The second-order valence-electron chi connectivity index (χ2n) is 35.8. The summed E-state index contributed by atoms with van der Waals surface area (Å²) in [5.41, 5.74) is -1.88. The van der Waals surface area contributed by atoms with Crippen LogP contribution in [0.5, 0.6) is 0 Å². The minimum Gasteiger partial charge on any atom is -0.480 e. The van der Waals surface area contributed by atoms with Crippen molar-refractivity contribution < 1.29 is 157 Å². The van der Waals surface area contributed by atoms with E-state index in [4.69, 9.17) is 5.11 Å². The molecule has 0 bridgehead atoms. The number of rotatable bonds is 70. The van der Waals surface area contributed by atoms with Crippen LogP contribution in [0.1, 0.15) is 55.4 Å². The smallest absolute Gasteiger partial charge is 0.317 e. The topological polar surface area (TPSA) is 732 Å². The summed E-state index contributed by atoms with van der Waals surface area (Å²) in [6, 6.07) is -3.05. The number of amides is 8. The zero-order chi connectivity index (χ0) is 106. The first-order chi connectivity index (χ1) is 66.3. The second-order valence-corrected chi connectivity index (χ2v) is 35.8. The number of carboxylic acid groups (broad SMARTS) is 12. The molecule has 20 N–H and O–H groups in total. The van der Waals surface area contributed by atoms with Crippen LogP contribution in [-0.2, 0) is 95.9 Å². The Morgan fingerprint density at radius 2 is 0.404 bits per heavy atom. The Kier molecular flexibility index (Phi) is 61.4. The number of hydrogen-bond acceptors (Lipinski definition) is 36. The lowest BCUT2D eigenvalue weighted by molar-refractivity contribution is -0.141. The molecule has 0 unspecified atom stereocenters. The highest BCUT2D eigenvalue weighted by Gasteiger charge is 2.38. The lowest BCUT2D eigenvalue weighted by atomic mass is 9.86. The van der Waals surface area contributed by atoms with Crippen LogP contribution < -0.4 is 42.5 Å². The van der Waals surface area contributed by atoms with Crippen LogP contribution in [0.4, 0.5) is 0 Å². The summed E-state index contributed by atoms with van der Waals surface area (Å²) in [5.74, 6) is -20.6. The van der Waals surface area contributed by atoms with Gasteiger partial charge in [-0.15, -0.1) is 0 Å². The van der Waals surface area contributed by atoms with Crippen LogP contribution >= 0.6 is 0 Å². The van der Waals surface area contributed by atoms with Gasteiger partial charge in [-0.25, -0.2) is 0 Å². The second kappa shape index (κ2) is 68.8. The van der Waals surface area contributed by atoms with Gasteiger partial charge in [-0.2, -0.15) is 0 Å². The molecule has 0 aromatic rings. The van der Waals surface area contributed by atoms with E-state index in [1.807, 2.05) is 0 Å². The number of carbonyl (C=O) groups is 20. The summed E-state index contributed by atoms with van der Waals surface area (Å²) in [7, 11) is 0. The molecule has 0 saturated carbocycles. The van der Waals surface area contributed by atoms with Gasteiger partial charge in [0.1, 0.15) is 0 Å². The average molecular weight is 2020 g/mol. The van der Waals surface area contributed by atoms with E-state index in [1.54, 1.807) is 99.5 Å². The summed E-state index contributed by atoms with van der Waals surface area (Å²) in [6.45, 7) is 0.714. The van der Waals surface area contributed by atoms with Crippen molar-refractivity contribution in [3.8, 4) is 0 Å². The largest absolute Gasteiger partial charge is 0.480 e. The third kappa shape index (κ3) is 59.3. The van der Waals surface area contributed by atoms with Crippen LogP contribution in [0.2, 0.25) is 0 Å². The molecule has 0 aromatic carbocycles. The number of nitrogens with one attached hydrogen (secondary N) is 8. The van der Waals surface area contributed by atoms with Crippen LogP contribution in [-0.4, -0.2) is 623 Å². The first kappa shape index (κ1) is 126. The Bertz CT molecular complexity index is 3820. The third-order valence-electron chi connectivity index (χ3n) is 22.8. The number of carboxylic acids is 12. The number of nitrogens with zero attached hydrogens (tertiary/aromatic N) is 16. The Morgan fingerprint density at radius 3 is 0.596 bits per heavy atom. The van der Waals surface area contributed by atoms with Crippen molar-refractivity contribution in [3.63, 3.8) is 0 Å². The molecule has 2 aliphatic rings. The lowest BCUT2D eigenvalue weighted by Crippen LogP contribution is -2.60. The molecule has 2 saturated heterocycles. The number of hydrogen-bond donors (Lipinski definition) is 20. The molecular weight excluding hydrogens is 1870 g/mol. The Morgan fingerprint density at radius 1 is 0.220 bits per heavy atom. The maximum Gasteiger partial charge on any atom is 0.317 e. The van der Waals surface area contributed by atoms with E-state index in [2.05, 4.69) is 42.5 Å². The van der Waals surface area contributed by atoms with Gasteiger partial charge in [-0.3, -0.25) is 155 Å². The van der Waals surface area contributed by atoms with Crippen LogP contribution in [0.15, 0.2) is 0 Å². The van der Waals surface area contributed by atoms with Gasteiger partial charge < -0.3 is 123 Å². The minimum absolute atomic E-state index is 0.00341. The normalized spacial score (nSPS) is 15.0.